The molecule has 1 aromatic heterocycles. The van der Waals surface area contributed by atoms with Crippen LogP contribution in [-0.4, -0.2) is 26.2 Å². The van der Waals surface area contributed by atoms with Crippen molar-refractivity contribution in [2.75, 3.05) is 0 Å². The lowest BCUT2D eigenvalue weighted by atomic mass is 10.3. The highest BCUT2D eigenvalue weighted by molar-refractivity contribution is 5.72. The van der Waals surface area contributed by atoms with Gasteiger partial charge in [-0.25, -0.2) is 14.8 Å². The van der Waals surface area contributed by atoms with E-state index in [-0.39, 0.29) is 5.82 Å². The third kappa shape index (κ3) is 1.71. The smallest absolute Gasteiger partial charge is 0.340 e. The minimum absolute atomic E-state index is 0.0972. The molecule has 5 nitrogen and oxygen atoms in total. The lowest BCUT2D eigenvalue weighted by Crippen LogP contribution is -2.13. The number of carbonyl (C=O) groups is 1. The minimum atomic E-state index is -1.63. The number of aromatic nitrogens is 2. The second-order valence-electron chi connectivity index (χ2n) is 1.85. The van der Waals surface area contributed by atoms with Gasteiger partial charge in [0.25, 0.3) is 0 Å². The first-order valence-corrected chi connectivity index (χ1v) is 2.89. The zero-order valence-electron chi connectivity index (χ0n) is 5.51. The molecule has 0 aliphatic rings. The average molecular weight is 154 g/mol. The lowest BCUT2D eigenvalue weighted by molar-refractivity contribution is -0.147. The van der Waals surface area contributed by atoms with E-state index in [1.165, 1.54) is 18.5 Å². The van der Waals surface area contributed by atoms with Crippen LogP contribution in [0.2, 0.25) is 0 Å². The van der Waals surface area contributed by atoms with Gasteiger partial charge in [0.2, 0.25) is 6.10 Å². The van der Waals surface area contributed by atoms with Gasteiger partial charge in [-0.15, -0.1) is 0 Å². The summed E-state index contributed by atoms with van der Waals surface area (Å²) in [6.45, 7) is 0. The molecule has 0 spiro atoms. The Morgan fingerprint density at radius 3 is 2.45 bits per heavy atom. The van der Waals surface area contributed by atoms with E-state index in [1.807, 2.05) is 0 Å². The molecule has 11 heavy (non-hydrogen) atoms. The third-order valence-electron chi connectivity index (χ3n) is 1.06. The molecular formula is C6H6N2O3. The van der Waals surface area contributed by atoms with E-state index < -0.39 is 12.1 Å². The van der Waals surface area contributed by atoms with Gasteiger partial charge >= 0.3 is 5.97 Å². The van der Waals surface area contributed by atoms with Gasteiger partial charge in [0, 0.05) is 12.4 Å². The number of aliphatic hydroxyl groups is 1. The predicted octanol–water partition coefficient (Wildman–Crippen LogP) is -0.405. The fourth-order valence-corrected chi connectivity index (χ4v) is 0.562. The lowest BCUT2D eigenvalue weighted by Gasteiger charge is -2.00. The van der Waals surface area contributed by atoms with E-state index >= 15 is 0 Å². The molecule has 5 heteroatoms. The van der Waals surface area contributed by atoms with Crippen LogP contribution in [0.4, 0.5) is 0 Å². The van der Waals surface area contributed by atoms with E-state index in [0.717, 1.165) is 0 Å². The van der Waals surface area contributed by atoms with Crippen molar-refractivity contribution in [1.82, 2.24) is 9.97 Å². The number of carboxylic acid groups (broad SMARTS) is 1. The van der Waals surface area contributed by atoms with Gasteiger partial charge in [0.05, 0.1) is 0 Å². The summed E-state index contributed by atoms with van der Waals surface area (Å²) in [6.07, 6.45) is 1.11. The zero-order valence-corrected chi connectivity index (χ0v) is 5.51. The minimum Gasteiger partial charge on any atom is -0.479 e. The molecule has 1 atom stereocenters. The van der Waals surface area contributed by atoms with Crippen molar-refractivity contribution in [2.24, 2.45) is 0 Å². The molecule has 0 radical (unpaired) electrons. The SMILES string of the molecule is O=C(O)C(O)c1ncccn1. The molecule has 0 aromatic carbocycles. The maximum absolute atomic E-state index is 10.2. The summed E-state index contributed by atoms with van der Waals surface area (Å²) >= 11 is 0. The Hall–Kier alpha value is -1.49. The Morgan fingerprint density at radius 2 is 2.00 bits per heavy atom. The molecule has 2 N–H and O–H groups in total. The quantitative estimate of drug-likeness (QED) is 0.605. The molecule has 0 saturated heterocycles. The van der Waals surface area contributed by atoms with Gasteiger partial charge in [0.1, 0.15) is 0 Å². The van der Waals surface area contributed by atoms with Gasteiger partial charge < -0.3 is 10.2 Å². The van der Waals surface area contributed by atoms with Crippen molar-refractivity contribution in [2.45, 2.75) is 6.10 Å². The molecule has 0 bridgehead atoms. The van der Waals surface area contributed by atoms with Crippen molar-refractivity contribution >= 4 is 5.97 Å². The molecule has 58 valence electrons. The van der Waals surface area contributed by atoms with Crippen LogP contribution in [0.5, 0.6) is 0 Å². The van der Waals surface area contributed by atoms with E-state index in [0.29, 0.717) is 0 Å². The maximum Gasteiger partial charge on any atom is 0.340 e. The van der Waals surface area contributed by atoms with Gasteiger partial charge in [-0.3, -0.25) is 0 Å². The Balaban J connectivity index is 2.85. The molecule has 0 aliphatic heterocycles. The van der Waals surface area contributed by atoms with Crippen molar-refractivity contribution in [3.63, 3.8) is 0 Å². The normalized spacial score (nSPS) is 12.5. The molecule has 1 rings (SSSR count). The number of hydrogen-bond acceptors (Lipinski definition) is 4. The van der Waals surface area contributed by atoms with Crippen LogP contribution < -0.4 is 0 Å². The van der Waals surface area contributed by atoms with Crippen LogP contribution >= 0.6 is 0 Å². The summed E-state index contributed by atoms with van der Waals surface area (Å²) in [5, 5.41) is 17.2. The topological polar surface area (TPSA) is 83.3 Å². The Bertz CT molecular complexity index is 249. The number of aliphatic carboxylic acids is 1. The summed E-state index contributed by atoms with van der Waals surface area (Å²) in [5.41, 5.74) is 0. The number of carboxylic acids is 1. The summed E-state index contributed by atoms with van der Waals surface area (Å²) in [5.74, 6) is -1.45. The predicted molar refractivity (Wildman–Crippen MR) is 34.6 cm³/mol. The van der Waals surface area contributed by atoms with Gasteiger partial charge in [-0.1, -0.05) is 0 Å². The molecule has 1 heterocycles. The van der Waals surface area contributed by atoms with Crippen LogP contribution in [-0.2, 0) is 4.79 Å². The number of aliphatic hydroxyl groups excluding tert-OH is 1. The van der Waals surface area contributed by atoms with Crippen LogP contribution in [0.25, 0.3) is 0 Å². The summed E-state index contributed by atoms with van der Waals surface area (Å²) in [7, 11) is 0. The Labute approximate surface area is 62.4 Å². The highest BCUT2D eigenvalue weighted by Crippen LogP contribution is 2.04. The maximum atomic E-state index is 10.2. The third-order valence-corrected chi connectivity index (χ3v) is 1.06. The molecule has 1 aromatic rings. The first-order chi connectivity index (χ1) is 5.22. The second kappa shape index (κ2) is 3.07. The molecule has 1 unspecified atom stereocenters. The van der Waals surface area contributed by atoms with Crippen LogP contribution in [0.1, 0.15) is 11.9 Å². The standard InChI is InChI=1S/C6H6N2O3/c9-4(6(10)11)5-7-2-1-3-8-5/h1-4,9H,(H,10,11). The van der Waals surface area contributed by atoms with Crippen LogP contribution in [0, 0.1) is 0 Å². The number of nitrogens with zero attached hydrogens (tertiary/aromatic N) is 2. The van der Waals surface area contributed by atoms with Crippen molar-refractivity contribution in [3.8, 4) is 0 Å². The van der Waals surface area contributed by atoms with E-state index in [1.54, 1.807) is 0 Å². The van der Waals surface area contributed by atoms with Crippen molar-refractivity contribution < 1.29 is 15.0 Å². The average Bonchev–Trinajstić information content (AvgIpc) is 2.05. The Morgan fingerprint density at radius 1 is 1.45 bits per heavy atom. The molecule has 0 aliphatic carbocycles. The van der Waals surface area contributed by atoms with Crippen molar-refractivity contribution in [1.29, 1.82) is 0 Å². The first kappa shape index (κ1) is 7.62. The fraction of sp³-hybridized carbons (Fsp3) is 0.167. The van der Waals surface area contributed by atoms with E-state index in [2.05, 4.69) is 9.97 Å². The molecule has 0 saturated carbocycles. The molecule has 0 amide bonds. The highest BCUT2D eigenvalue weighted by Gasteiger charge is 2.17. The van der Waals surface area contributed by atoms with Crippen LogP contribution in [0.3, 0.4) is 0 Å². The zero-order chi connectivity index (χ0) is 8.27. The largest absolute Gasteiger partial charge is 0.479 e. The monoisotopic (exact) mass is 154 g/mol. The first-order valence-electron chi connectivity index (χ1n) is 2.89. The highest BCUT2D eigenvalue weighted by atomic mass is 16.4. The van der Waals surface area contributed by atoms with E-state index in [4.69, 9.17) is 10.2 Å². The number of rotatable bonds is 2. The van der Waals surface area contributed by atoms with Gasteiger partial charge in [0.15, 0.2) is 5.82 Å². The van der Waals surface area contributed by atoms with E-state index in [9.17, 15) is 4.79 Å². The molecule has 0 fully saturated rings. The fourth-order valence-electron chi connectivity index (χ4n) is 0.562. The molecular weight excluding hydrogens is 148 g/mol. The number of hydrogen-bond donors (Lipinski definition) is 2. The second-order valence-corrected chi connectivity index (χ2v) is 1.85. The summed E-state index contributed by atoms with van der Waals surface area (Å²) in [6, 6.07) is 1.54. The van der Waals surface area contributed by atoms with Gasteiger partial charge in [-0.05, 0) is 6.07 Å². The Kier molecular flexibility index (Phi) is 2.12. The van der Waals surface area contributed by atoms with Crippen LogP contribution in [0.15, 0.2) is 18.5 Å². The summed E-state index contributed by atoms with van der Waals surface area (Å²) < 4.78 is 0. The van der Waals surface area contributed by atoms with Crippen molar-refractivity contribution in [3.05, 3.63) is 24.3 Å². The van der Waals surface area contributed by atoms with Gasteiger partial charge in [-0.2, -0.15) is 0 Å². The summed E-state index contributed by atoms with van der Waals surface area (Å²) in [4.78, 5) is 17.3.